The molecule has 176 valence electrons. The molecule has 0 saturated heterocycles. The molecular weight excluding hydrogens is 454 g/mol. The maximum absolute atomic E-state index is 11.6. The summed E-state index contributed by atoms with van der Waals surface area (Å²) in [5, 5.41) is 0. The molecule has 0 radical (unpaired) electrons. The molecule has 35 heavy (non-hydrogen) atoms. The highest BCUT2D eigenvalue weighted by atomic mass is 16.5. The maximum atomic E-state index is 11.6. The summed E-state index contributed by atoms with van der Waals surface area (Å²) in [4.78, 5) is 35.8. The number of para-hydroxylation sites is 1. The van der Waals surface area contributed by atoms with Crippen LogP contribution in [0.4, 0.5) is 0 Å². The minimum atomic E-state index is -0.468. The van der Waals surface area contributed by atoms with E-state index in [1.165, 1.54) is 14.2 Å². The summed E-state index contributed by atoms with van der Waals surface area (Å²) >= 11 is 0. The van der Waals surface area contributed by atoms with Crippen molar-refractivity contribution in [1.29, 1.82) is 0 Å². The highest BCUT2D eigenvalue weighted by Crippen LogP contribution is 2.27. The van der Waals surface area contributed by atoms with E-state index >= 15 is 0 Å². The topological polar surface area (TPSA) is 119 Å². The largest absolute Gasteiger partial charge is 0.465 e. The first-order valence-electron chi connectivity index (χ1n) is 10.3. The van der Waals surface area contributed by atoms with Crippen LogP contribution in [0.15, 0.2) is 78.9 Å². The lowest BCUT2D eigenvalue weighted by atomic mass is 10.2. The molecule has 0 aliphatic rings. The first-order chi connectivity index (χ1) is 17.0. The molecule has 3 aromatic carbocycles. The zero-order chi connectivity index (χ0) is 24.6. The van der Waals surface area contributed by atoms with E-state index in [0.29, 0.717) is 28.4 Å². The summed E-state index contributed by atoms with van der Waals surface area (Å²) in [7, 11) is 2.60. The Labute approximate surface area is 200 Å². The molecule has 10 heteroatoms. The minimum Gasteiger partial charge on any atom is -0.465 e. The van der Waals surface area contributed by atoms with E-state index in [1.54, 1.807) is 72.8 Å². The molecule has 0 bridgehead atoms. The van der Waals surface area contributed by atoms with Gasteiger partial charge in [-0.1, -0.05) is 18.2 Å². The van der Waals surface area contributed by atoms with Gasteiger partial charge >= 0.3 is 30.0 Å². The highest BCUT2D eigenvalue weighted by molar-refractivity contribution is 5.89. The van der Waals surface area contributed by atoms with Gasteiger partial charge in [0.1, 0.15) is 17.2 Å². The first kappa shape index (κ1) is 23.2. The van der Waals surface area contributed by atoms with Crippen LogP contribution < -0.4 is 14.2 Å². The SMILES string of the molecule is COC(=O)c1ccc(Oc2nc(Oc3ccccc3)nc(Oc3ccc(C(=O)OC)cc3)n2)cc1. The standard InChI is InChI=1S/C25H19N3O7/c1-31-21(29)16-8-12-19(13-9-16)34-24-26-23(33-18-6-4-3-5-7-18)27-25(28-24)35-20-14-10-17(11-15-20)22(30)32-2/h3-15H,1-2H3. The predicted octanol–water partition coefficient (Wildman–Crippen LogP) is 4.82. The Morgan fingerprint density at radius 1 is 0.514 bits per heavy atom. The second-order valence-corrected chi connectivity index (χ2v) is 6.83. The van der Waals surface area contributed by atoms with E-state index in [9.17, 15) is 9.59 Å². The lowest BCUT2D eigenvalue weighted by Gasteiger charge is -2.10. The smallest absolute Gasteiger partial charge is 0.337 e. The molecule has 0 unspecified atom stereocenters. The van der Waals surface area contributed by atoms with Gasteiger partial charge in [0.25, 0.3) is 0 Å². The number of benzene rings is 3. The molecule has 0 saturated carbocycles. The molecule has 0 N–H and O–H groups in total. The molecule has 0 amide bonds. The molecule has 1 aromatic heterocycles. The number of methoxy groups -OCH3 is 2. The lowest BCUT2D eigenvalue weighted by Crippen LogP contribution is -2.03. The molecule has 4 aromatic rings. The Morgan fingerprint density at radius 3 is 1.20 bits per heavy atom. The van der Waals surface area contributed by atoms with Gasteiger partial charge in [0.2, 0.25) is 0 Å². The number of nitrogens with zero attached hydrogens (tertiary/aromatic N) is 3. The summed E-state index contributed by atoms with van der Waals surface area (Å²) in [6.45, 7) is 0. The second kappa shape index (κ2) is 10.8. The molecule has 1 heterocycles. The summed E-state index contributed by atoms with van der Waals surface area (Å²) in [6, 6.07) is 21.1. The molecule has 0 aliphatic heterocycles. The van der Waals surface area contributed by atoms with Gasteiger partial charge in [-0.05, 0) is 60.7 Å². The van der Waals surface area contributed by atoms with Crippen LogP contribution in [0.1, 0.15) is 20.7 Å². The summed E-state index contributed by atoms with van der Waals surface area (Å²) in [5.74, 6) is 0.291. The van der Waals surface area contributed by atoms with Crippen LogP contribution in [0.3, 0.4) is 0 Å². The van der Waals surface area contributed by atoms with E-state index in [0.717, 1.165) is 0 Å². The van der Waals surface area contributed by atoms with Gasteiger partial charge in [0, 0.05) is 0 Å². The van der Waals surface area contributed by atoms with Gasteiger partial charge in [0.15, 0.2) is 0 Å². The Kier molecular flexibility index (Phi) is 7.12. The summed E-state index contributed by atoms with van der Waals surface area (Å²) in [5.41, 5.74) is 0.728. The van der Waals surface area contributed by atoms with Gasteiger partial charge in [-0.3, -0.25) is 0 Å². The van der Waals surface area contributed by atoms with Crippen LogP contribution in [0.2, 0.25) is 0 Å². The summed E-state index contributed by atoms with van der Waals surface area (Å²) < 4.78 is 26.6. The number of hydrogen-bond donors (Lipinski definition) is 0. The maximum Gasteiger partial charge on any atom is 0.337 e. The Balaban J connectivity index is 1.60. The minimum absolute atomic E-state index is 0.0615. The van der Waals surface area contributed by atoms with Crippen molar-refractivity contribution >= 4 is 11.9 Å². The van der Waals surface area contributed by atoms with Crippen LogP contribution in [0.25, 0.3) is 0 Å². The molecule has 0 atom stereocenters. The average Bonchev–Trinajstić information content (AvgIpc) is 2.89. The number of ether oxygens (including phenoxy) is 5. The molecule has 0 spiro atoms. The van der Waals surface area contributed by atoms with E-state index < -0.39 is 11.9 Å². The fourth-order valence-corrected chi connectivity index (χ4v) is 2.82. The summed E-state index contributed by atoms with van der Waals surface area (Å²) in [6.07, 6.45) is 0. The third-order valence-corrected chi connectivity index (χ3v) is 4.50. The van der Waals surface area contributed by atoms with Crippen LogP contribution in [-0.4, -0.2) is 41.1 Å². The Morgan fingerprint density at radius 2 is 0.857 bits per heavy atom. The third-order valence-electron chi connectivity index (χ3n) is 4.50. The van der Waals surface area contributed by atoms with Crippen LogP contribution in [-0.2, 0) is 9.47 Å². The van der Waals surface area contributed by atoms with Crippen molar-refractivity contribution in [3.8, 4) is 35.3 Å². The van der Waals surface area contributed by atoms with Crippen molar-refractivity contribution in [1.82, 2.24) is 15.0 Å². The second-order valence-electron chi connectivity index (χ2n) is 6.83. The van der Waals surface area contributed by atoms with E-state index in [-0.39, 0.29) is 18.0 Å². The molecule has 4 rings (SSSR count). The zero-order valence-corrected chi connectivity index (χ0v) is 18.7. The fourth-order valence-electron chi connectivity index (χ4n) is 2.82. The zero-order valence-electron chi connectivity index (χ0n) is 18.7. The average molecular weight is 473 g/mol. The molecule has 0 aliphatic carbocycles. The van der Waals surface area contributed by atoms with Crippen molar-refractivity contribution < 1.29 is 33.3 Å². The van der Waals surface area contributed by atoms with Gasteiger partial charge in [0.05, 0.1) is 25.3 Å². The van der Waals surface area contributed by atoms with E-state index in [2.05, 4.69) is 15.0 Å². The van der Waals surface area contributed by atoms with E-state index in [1.807, 2.05) is 6.07 Å². The van der Waals surface area contributed by atoms with Crippen LogP contribution in [0.5, 0.6) is 35.3 Å². The van der Waals surface area contributed by atoms with Gasteiger partial charge in [-0.15, -0.1) is 15.0 Å². The lowest BCUT2D eigenvalue weighted by molar-refractivity contribution is 0.0592. The molecule has 10 nitrogen and oxygen atoms in total. The van der Waals surface area contributed by atoms with Gasteiger partial charge in [-0.25, -0.2) is 9.59 Å². The highest BCUT2D eigenvalue weighted by Gasteiger charge is 2.14. The van der Waals surface area contributed by atoms with Crippen molar-refractivity contribution in [3.63, 3.8) is 0 Å². The van der Waals surface area contributed by atoms with Crippen molar-refractivity contribution in [2.45, 2.75) is 0 Å². The van der Waals surface area contributed by atoms with Gasteiger partial charge in [-0.2, -0.15) is 0 Å². The van der Waals surface area contributed by atoms with Gasteiger partial charge < -0.3 is 23.7 Å². The predicted molar refractivity (Wildman–Crippen MR) is 122 cm³/mol. The van der Waals surface area contributed by atoms with Crippen molar-refractivity contribution in [3.05, 3.63) is 90.0 Å². The van der Waals surface area contributed by atoms with Crippen LogP contribution >= 0.6 is 0 Å². The molecular formula is C25H19N3O7. The normalized spacial score (nSPS) is 10.2. The van der Waals surface area contributed by atoms with E-state index in [4.69, 9.17) is 23.7 Å². The number of hydrogen-bond acceptors (Lipinski definition) is 10. The quantitative estimate of drug-likeness (QED) is 0.329. The number of aromatic nitrogens is 3. The molecule has 0 fully saturated rings. The number of esters is 2. The van der Waals surface area contributed by atoms with Crippen LogP contribution in [0, 0.1) is 0 Å². The van der Waals surface area contributed by atoms with Crippen molar-refractivity contribution in [2.75, 3.05) is 14.2 Å². The third kappa shape index (κ3) is 6.08. The number of rotatable bonds is 8. The monoisotopic (exact) mass is 473 g/mol. The first-order valence-corrected chi connectivity index (χ1v) is 10.3. The van der Waals surface area contributed by atoms with Crippen molar-refractivity contribution in [2.24, 2.45) is 0 Å². The number of carbonyl (C=O) groups excluding carboxylic acids is 2. The Hall–Kier alpha value is -4.99. The number of carbonyl (C=O) groups is 2. The fraction of sp³-hybridized carbons (Fsp3) is 0.0800. The Bertz CT molecular complexity index is 1230.